The van der Waals surface area contributed by atoms with Crippen LogP contribution in [-0.2, 0) is 11.2 Å². The Morgan fingerprint density at radius 2 is 1.36 bits per heavy atom. The average Bonchev–Trinajstić information content (AvgIpc) is 2.92. The Labute approximate surface area is 220 Å². The summed E-state index contributed by atoms with van der Waals surface area (Å²) in [6, 6.07) is 14.8. The zero-order valence-electron chi connectivity index (χ0n) is 23.0. The highest BCUT2D eigenvalue weighted by Crippen LogP contribution is 2.37. The molecule has 2 aliphatic rings. The Bertz CT molecular complexity index is 888. The van der Waals surface area contributed by atoms with Gasteiger partial charge in [-0.05, 0) is 96.9 Å². The number of aryl methyl sites for hydroxylation is 1. The zero-order valence-corrected chi connectivity index (χ0v) is 23.0. The molecule has 0 atom stereocenters. The van der Waals surface area contributed by atoms with Crippen LogP contribution in [0.1, 0.15) is 114 Å². The van der Waals surface area contributed by atoms with Crippen molar-refractivity contribution in [1.82, 2.24) is 0 Å². The van der Waals surface area contributed by atoms with Gasteiger partial charge in [0.05, 0.1) is 0 Å². The molecule has 0 spiro atoms. The molecule has 0 radical (unpaired) electrons. The first-order valence-corrected chi connectivity index (χ1v) is 15.1. The van der Waals surface area contributed by atoms with Crippen LogP contribution in [-0.4, -0.2) is 13.2 Å². The van der Waals surface area contributed by atoms with Crippen molar-refractivity contribution in [3.8, 4) is 11.1 Å². The summed E-state index contributed by atoms with van der Waals surface area (Å²) in [4.78, 5) is 0. The Kier molecular flexibility index (Phi) is 10.9. The van der Waals surface area contributed by atoms with Crippen LogP contribution in [0, 0.1) is 23.6 Å². The predicted molar refractivity (Wildman–Crippen MR) is 151 cm³/mol. The number of ether oxygens (including phenoxy) is 1. The maximum Gasteiger partial charge on any atom is 0.127 e. The van der Waals surface area contributed by atoms with Crippen LogP contribution in [0.2, 0.25) is 0 Å². The van der Waals surface area contributed by atoms with Gasteiger partial charge in [0.2, 0.25) is 0 Å². The summed E-state index contributed by atoms with van der Waals surface area (Å²) in [5, 5.41) is 0. The lowest BCUT2D eigenvalue weighted by molar-refractivity contribution is 0.0808. The second-order valence-electron chi connectivity index (χ2n) is 11.8. The molecule has 2 aliphatic carbocycles. The Balaban J connectivity index is 1.24. The average molecular weight is 493 g/mol. The van der Waals surface area contributed by atoms with Gasteiger partial charge < -0.3 is 4.74 Å². The molecule has 2 aromatic rings. The van der Waals surface area contributed by atoms with Gasteiger partial charge in [-0.3, -0.25) is 0 Å². The van der Waals surface area contributed by atoms with Crippen LogP contribution in [0.4, 0.5) is 4.39 Å². The van der Waals surface area contributed by atoms with Gasteiger partial charge in [0.25, 0.3) is 0 Å². The Morgan fingerprint density at radius 1 is 0.722 bits per heavy atom. The largest absolute Gasteiger partial charge is 0.381 e. The van der Waals surface area contributed by atoms with Gasteiger partial charge in [-0.1, -0.05) is 95.2 Å². The summed E-state index contributed by atoms with van der Waals surface area (Å²) in [5.41, 5.74) is 4.45. The van der Waals surface area contributed by atoms with Crippen molar-refractivity contribution >= 4 is 0 Å². The van der Waals surface area contributed by atoms with E-state index in [4.69, 9.17) is 4.74 Å². The molecule has 198 valence electrons. The zero-order chi connectivity index (χ0) is 25.2. The molecule has 2 aromatic carbocycles. The molecule has 4 rings (SSSR count). The van der Waals surface area contributed by atoms with Crippen LogP contribution in [0.15, 0.2) is 42.5 Å². The van der Waals surface area contributed by atoms with Gasteiger partial charge in [0.1, 0.15) is 5.82 Å². The van der Waals surface area contributed by atoms with Gasteiger partial charge in [0.15, 0.2) is 0 Å². The molecular formula is C34H49FO. The normalized spacial score (nSPS) is 24.6. The summed E-state index contributed by atoms with van der Waals surface area (Å²) in [6.07, 6.45) is 17.6. The van der Waals surface area contributed by atoms with E-state index in [-0.39, 0.29) is 5.82 Å². The minimum Gasteiger partial charge on any atom is -0.381 e. The number of hydrogen-bond donors (Lipinski definition) is 0. The molecule has 0 unspecified atom stereocenters. The van der Waals surface area contributed by atoms with E-state index in [1.807, 2.05) is 6.07 Å². The number of benzene rings is 2. The minimum atomic E-state index is -0.0317. The molecule has 0 saturated heterocycles. The van der Waals surface area contributed by atoms with Crippen molar-refractivity contribution in [1.29, 1.82) is 0 Å². The molecule has 2 saturated carbocycles. The molecule has 0 bridgehead atoms. The Morgan fingerprint density at radius 3 is 2.00 bits per heavy atom. The molecule has 2 heteroatoms. The summed E-state index contributed by atoms with van der Waals surface area (Å²) in [5.74, 6) is 3.08. The van der Waals surface area contributed by atoms with Crippen LogP contribution in [0.25, 0.3) is 11.1 Å². The molecular weight excluding hydrogens is 443 g/mol. The van der Waals surface area contributed by atoms with Gasteiger partial charge >= 0.3 is 0 Å². The first-order valence-electron chi connectivity index (χ1n) is 15.1. The number of halogens is 1. The quantitative estimate of drug-likeness (QED) is 0.268. The molecule has 0 amide bonds. The summed E-state index contributed by atoms with van der Waals surface area (Å²) >= 11 is 0. The fourth-order valence-corrected chi connectivity index (χ4v) is 6.61. The first kappa shape index (κ1) is 27.4. The fraction of sp³-hybridized carbons (Fsp3) is 0.647. The van der Waals surface area contributed by atoms with E-state index >= 15 is 0 Å². The van der Waals surface area contributed by atoms with Gasteiger partial charge in [-0.2, -0.15) is 0 Å². The van der Waals surface area contributed by atoms with Crippen LogP contribution >= 0.6 is 0 Å². The molecule has 0 heterocycles. The van der Waals surface area contributed by atoms with Crippen LogP contribution in [0.3, 0.4) is 0 Å². The topological polar surface area (TPSA) is 9.23 Å². The third kappa shape index (κ3) is 7.91. The van der Waals surface area contributed by atoms with E-state index in [0.717, 1.165) is 60.5 Å². The van der Waals surface area contributed by atoms with Gasteiger partial charge in [0, 0.05) is 13.2 Å². The van der Waals surface area contributed by atoms with Crippen molar-refractivity contribution in [3.05, 3.63) is 59.4 Å². The predicted octanol–water partition coefficient (Wildman–Crippen LogP) is 10.1. The molecule has 0 aliphatic heterocycles. The lowest BCUT2D eigenvalue weighted by Gasteiger charge is -2.28. The third-order valence-electron chi connectivity index (χ3n) is 9.10. The fourth-order valence-electron chi connectivity index (χ4n) is 6.61. The maximum absolute atomic E-state index is 15.0. The second kappa shape index (κ2) is 14.3. The van der Waals surface area contributed by atoms with Crippen LogP contribution < -0.4 is 0 Å². The van der Waals surface area contributed by atoms with E-state index in [2.05, 4.69) is 44.2 Å². The first-order chi connectivity index (χ1) is 17.7. The standard InChI is InChI=1S/C34H49FO/c1-3-5-23-36-25-28-12-14-29(15-13-28)30-17-19-31(20-18-30)33-22-21-32(34(35)24-33)16-11-27-9-7-26(6-4-2)8-10-27/h17-22,24,26-29H,3-16,23,25H2,1-2H3. The number of unbranched alkanes of at least 4 members (excludes halogenated alkanes) is 1. The highest BCUT2D eigenvalue weighted by atomic mass is 19.1. The van der Waals surface area contributed by atoms with Crippen molar-refractivity contribution in [2.75, 3.05) is 13.2 Å². The molecule has 1 nitrogen and oxygen atoms in total. The van der Waals surface area contributed by atoms with E-state index in [1.54, 1.807) is 6.07 Å². The van der Waals surface area contributed by atoms with E-state index in [1.165, 1.54) is 82.6 Å². The van der Waals surface area contributed by atoms with Crippen LogP contribution in [0.5, 0.6) is 0 Å². The van der Waals surface area contributed by atoms with Crippen molar-refractivity contribution in [2.24, 2.45) is 17.8 Å². The molecule has 0 aromatic heterocycles. The minimum absolute atomic E-state index is 0.0317. The number of rotatable bonds is 12. The van der Waals surface area contributed by atoms with Crippen molar-refractivity contribution in [3.63, 3.8) is 0 Å². The molecule has 0 N–H and O–H groups in total. The smallest absolute Gasteiger partial charge is 0.127 e. The second-order valence-corrected chi connectivity index (χ2v) is 11.8. The summed E-state index contributed by atoms with van der Waals surface area (Å²) in [7, 11) is 0. The lowest BCUT2D eigenvalue weighted by atomic mass is 9.78. The molecule has 36 heavy (non-hydrogen) atoms. The highest BCUT2D eigenvalue weighted by molar-refractivity contribution is 5.64. The van der Waals surface area contributed by atoms with Crippen molar-refractivity contribution < 1.29 is 9.13 Å². The maximum atomic E-state index is 15.0. The highest BCUT2D eigenvalue weighted by Gasteiger charge is 2.23. The lowest BCUT2D eigenvalue weighted by Crippen LogP contribution is -2.18. The van der Waals surface area contributed by atoms with E-state index in [0.29, 0.717) is 5.92 Å². The summed E-state index contributed by atoms with van der Waals surface area (Å²) in [6.45, 7) is 6.36. The van der Waals surface area contributed by atoms with Crippen molar-refractivity contribution in [2.45, 2.75) is 110 Å². The van der Waals surface area contributed by atoms with E-state index < -0.39 is 0 Å². The van der Waals surface area contributed by atoms with E-state index in [9.17, 15) is 4.39 Å². The number of hydrogen-bond acceptors (Lipinski definition) is 1. The SMILES string of the molecule is CCCCOCC1CCC(c2ccc(-c3ccc(CCC4CCC(CCC)CC4)c(F)c3)cc2)CC1. The third-order valence-corrected chi connectivity index (χ3v) is 9.10. The Hall–Kier alpha value is -1.67. The monoisotopic (exact) mass is 492 g/mol. The molecule has 2 fully saturated rings. The van der Waals surface area contributed by atoms with Gasteiger partial charge in [-0.25, -0.2) is 4.39 Å². The van der Waals surface area contributed by atoms with Gasteiger partial charge in [-0.15, -0.1) is 0 Å². The summed E-state index contributed by atoms with van der Waals surface area (Å²) < 4.78 is 20.8.